The van der Waals surface area contributed by atoms with E-state index in [4.69, 9.17) is 44.1 Å². The van der Waals surface area contributed by atoms with E-state index in [1.807, 2.05) is 97.1 Å². The lowest BCUT2D eigenvalue weighted by Crippen LogP contribution is -2.18. The first-order valence-electron chi connectivity index (χ1n) is 15.8. The number of nitrogen functional groups attached to an aromatic ring is 4. The Bertz CT molecular complexity index is 1840. The summed E-state index contributed by atoms with van der Waals surface area (Å²) in [6.07, 6.45) is 1.88. The van der Waals surface area contributed by atoms with Crippen molar-refractivity contribution in [1.82, 2.24) is 0 Å². The van der Waals surface area contributed by atoms with E-state index >= 15 is 0 Å². The molecule has 0 radical (unpaired) electrons. The molecule has 0 saturated heterocycles. The second-order valence-corrected chi connectivity index (χ2v) is 12.3. The van der Waals surface area contributed by atoms with Crippen molar-refractivity contribution in [2.75, 3.05) is 33.6 Å². The van der Waals surface area contributed by atoms with Gasteiger partial charge < -0.3 is 45.0 Å². The number of aliphatic imine (C=N–C) groups is 1. The number of nitrogens with one attached hydrogen (secondary N) is 2. The largest absolute Gasteiger partial charge is 0.397 e. The molecule has 0 saturated carbocycles. The Morgan fingerprint density at radius 3 is 1.13 bits per heavy atom. The molecule has 0 fully saturated rings. The van der Waals surface area contributed by atoms with Gasteiger partial charge in [0.1, 0.15) is 5.17 Å². The molecular weight excluding hydrogens is 753 g/mol. The number of fused-ring (bicyclic) bond motifs is 3. The van der Waals surface area contributed by atoms with E-state index in [-0.39, 0.29) is 11.8 Å². The van der Waals surface area contributed by atoms with Crippen molar-refractivity contribution in [3.63, 3.8) is 0 Å². The van der Waals surface area contributed by atoms with Crippen molar-refractivity contribution in [2.24, 2.45) is 16.5 Å². The van der Waals surface area contributed by atoms with Crippen molar-refractivity contribution in [1.29, 1.82) is 0 Å². The number of para-hydroxylation sites is 7. The third-order valence-electron chi connectivity index (χ3n) is 6.85. The topological polar surface area (TPSA) is 261 Å². The van der Waals surface area contributed by atoms with E-state index in [0.29, 0.717) is 40.8 Å². The Balaban J connectivity index is 0.000000223. The number of benzene rings is 5. The first kappa shape index (κ1) is 43.9. The average molecular weight is 793 g/mol. The summed E-state index contributed by atoms with van der Waals surface area (Å²) < 4.78 is -0.889. The molecule has 16 heteroatoms. The Morgan fingerprint density at radius 1 is 0.519 bits per heavy atom. The van der Waals surface area contributed by atoms with Gasteiger partial charge in [0.05, 0.1) is 41.3 Å². The predicted octanol–water partition coefficient (Wildman–Crippen LogP) is 7.18. The van der Waals surface area contributed by atoms with E-state index in [2.05, 4.69) is 50.3 Å². The molecule has 3 aliphatic heterocycles. The van der Waals surface area contributed by atoms with Crippen LogP contribution in [0.4, 0.5) is 49.4 Å². The molecular formula is C38H40Cl3N9O4. The standard InChI is InChI=1S/C8H6ClN.2C8H7NO.2C6H8N2.CCl2O.CH4N2O/c9-8-5-6-3-1-2-4-7(6)10-8;2*10-8-5-6-3-1-2-4-7(6)9-8;2*7-5-3-1-2-4-6(5)8;2*2-1(3)4/h1-4H,5H2;2*1-4H,5H2,(H,9,10);2*1-4H,7-8H2;;(H4,2,3,4). The van der Waals surface area contributed by atoms with Gasteiger partial charge in [0.2, 0.25) is 11.8 Å². The summed E-state index contributed by atoms with van der Waals surface area (Å²) in [6, 6.07) is 37.2. The molecule has 54 heavy (non-hydrogen) atoms. The maximum atomic E-state index is 10.8. The number of anilines is 6. The van der Waals surface area contributed by atoms with Crippen LogP contribution < -0.4 is 45.0 Å². The van der Waals surface area contributed by atoms with Crippen LogP contribution in [0.15, 0.2) is 126 Å². The van der Waals surface area contributed by atoms with Gasteiger partial charge in [-0.3, -0.25) is 14.4 Å². The van der Waals surface area contributed by atoms with Crippen molar-refractivity contribution < 1.29 is 19.2 Å². The Kier molecular flexibility index (Phi) is 18.9. The zero-order chi connectivity index (χ0) is 40.0. The predicted molar refractivity (Wildman–Crippen MR) is 222 cm³/mol. The second kappa shape index (κ2) is 23.3. The van der Waals surface area contributed by atoms with Gasteiger partial charge in [-0.15, -0.1) is 0 Å². The molecule has 0 bridgehead atoms. The lowest BCUT2D eigenvalue weighted by Gasteiger charge is -1.94. The highest BCUT2D eigenvalue weighted by Gasteiger charge is 2.16. The third kappa shape index (κ3) is 17.3. The Labute approximate surface area is 327 Å². The number of carbonyl (C=O) groups is 4. The van der Waals surface area contributed by atoms with E-state index in [1.54, 1.807) is 24.3 Å². The van der Waals surface area contributed by atoms with E-state index in [1.165, 1.54) is 5.56 Å². The van der Waals surface area contributed by atoms with Crippen LogP contribution in [0.3, 0.4) is 0 Å². The normalized spacial score (nSPS) is 11.7. The molecule has 0 spiro atoms. The van der Waals surface area contributed by atoms with Crippen molar-refractivity contribution in [3.8, 4) is 0 Å². The first-order chi connectivity index (χ1) is 25.7. The number of hydrogen-bond donors (Lipinski definition) is 8. The maximum absolute atomic E-state index is 10.8. The molecule has 8 rings (SSSR count). The molecule has 0 aliphatic carbocycles. The fourth-order valence-corrected chi connectivity index (χ4v) is 4.68. The second-order valence-electron chi connectivity index (χ2n) is 10.9. The highest BCUT2D eigenvalue weighted by atomic mass is 35.5. The summed E-state index contributed by atoms with van der Waals surface area (Å²) in [6.45, 7) is 0. The van der Waals surface area contributed by atoms with Gasteiger partial charge in [-0.2, -0.15) is 0 Å². The SMILES string of the molecule is ClC1=Nc2ccccc2C1.NC(N)=O.Nc1ccccc1N.Nc1ccccc1N.O=C(Cl)Cl.O=C1Cc2ccccc2N1.O=C1Cc2ccccc2N1. The lowest BCUT2D eigenvalue weighted by molar-refractivity contribution is -0.115. The first-order valence-corrected chi connectivity index (χ1v) is 17.0. The van der Waals surface area contributed by atoms with Crippen LogP contribution in [0.25, 0.3) is 0 Å². The van der Waals surface area contributed by atoms with Crippen LogP contribution in [0.2, 0.25) is 0 Å². The molecule has 0 aromatic heterocycles. The molecule has 3 heterocycles. The summed E-state index contributed by atoms with van der Waals surface area (Å²) in [5.41, 5.74) is 39.1. The Hall–Kier alpha value is -6.28. The number of halogens is 3. The fraction of sp³-hybridized carbons (Fsp3) is 0.0789. The monoisotopic (exact) mass is 791 g/mol. The summed E-state index contributed by atoms with van der Waals surface area (Å²) in [4.78, 5) is 43.7. The highest BCUT2D eigenvalue weighted by molar-refractivity contribution is 6.93. The smallest absolute Gasteiger partial charge is 0.313 e. The third-order valence-corrected chi connectivity index (χ3v) is 7.06. The van der Waals surface area contributed by atoms with Crippen LogP contribution in [0.1, 0.15) is 16.7 Å². The molecule has 5 aromatic rings. The molecule has 13 nitrogen and oxygen atoms in total. The highest BCUT2D eigenvalue weighted by Crippen LogP contribution is 2.27. The summed E-state index contributed by atoms with van der Waals surface area (Å²) in [5, 5.41) is 6.21. The van der Waals surface area contributed by atoms with Crippen LogP contribution in [0.5, 0.6) is 0 Å². The van der Waals surface area contributed by atoms with Gasteiger partial charge in [0, 0.05) is 17.8 Å². The minimum absolute atomic E-state index is 0.0983. The van der Waals surface area contributed by atoms with Crippen LogP contribution in [-0.4, -0.2) is 27.7 Å². The minimum atomic E-state index is -0.889. The zero-order valence-corrected chi connectivity index (χ0v) is 31.1. The molecule has 0 atom stereocenters. The van der Waals surface area contributed by atoms with E-state index in [0.717, 1.165) is 34.6 Å². The van der Waals surface area contributed by atoms with Gasteiger partial charge in [0.15, 0.2) is 0 Å². The number of urea groups is 1. The number of primary amides is 2. The van der Waals surface area contributed by atoms with Crippen LogP contribution >= 0.6 is 34.8 Å². The van der Waals surface area contributed by atoms with Crippen LogP contribution in [0, 0.1) is 0 Å². The van der Waals surface area contributed by atoms with Gasteiger partial charge in [-0.25, -0.2) is 9.79 Å². The maximum Gasteiger partial charge on any atom is 0.313 e. The average Bonchev–Trinajstić information content (AvgIpc) is 3.81. The molecule has 282 valence electrons. The van der Waals surface area contributed by atoms with Gasteiger partial charge >= 0.3 is 10.7 Å². The summed E-state index contributed by atoms with van der Waals surface area (Å²) in [5.74, 6) is 0.197. The molecule has 3 aliphatic rings. The van der Waals surface area contributed by atoms with E-state index in [9.17, 15) is 9.59 Å². The molecule has 4 amide bonds. The van der Waals surface area contributed by atoms with Crippen molar-refractivity contribution >= 4 is 102 Å². The van der Waals surface area contributed by atoms with E-state index < -0.39 is 10.7 Å². The van der Waals surface area contributed by atoms with Crippen molar-refractivity contribution in [3.05, 3.63) is 138 Å². The minimum Gasteiger partial charge on any atom is -0.397 e. The number of nitrogens with zero attached hydrogens (tertiary/aromatic N) is 1. The number of carbonyl (C=O) groups excluding carboxylic acids is 4. The van der Waals surface area contributed by atoms with Gasteiger partial charge in [-0.05, 0) is 82.4 Å². The number of hydrogen-bond acceptors (Lipinski definition) is 9. The van der Waals surface area contributed by atoms with Gasteiger partial charge in [-0.1, -0.05) is 90.5 Å². The van der Waals surface area contributed by atoms with Crippen LogP contribution in [-0.2, 0) is 28.9 Å². The number of nitrogens with two attached hydrogens (primary N) is 6. The molecule has 0 unspecified atom stereocenters. The lowest BCUT2D eigenvalue weighted by atomic mass is 10.2. The summed E-state index contributed by atoms with van der Waals surface area (Å²) >= 11 is 14.5. The number of rotatable bonds is 0. The fourth-order valence-electron chi connectivity index (χ4n) is 4.45. The molecule has 14 N–H and O–H groups in total. The number of amides is 4. The quantitative estimate of drug-likeness (QED) is 0.0587. The van der Waals surface area contributed by atoms with Gasteiger partial charge in [0.25, 0.3) is 0 Å². The zero-order valence-electron chi connectivity index (χ0n) is 28.8. The molecule has 5 aromatic carbocycles. The summed E-state index contributed by atoms with van der Waals surface area (Å²) in [7, 11) is 0. The van der Waals surface area contributed by atoms with Crippen molar-refractivity contribution in [2.45, 2.75) is 19.3 Å². The Morgan fingerprint density at radius 2 is 0.815 bits per heavy atom.